The molecule has 1 aromatic carbocycles. The molecule has 118 valence electrons. The Morgan fingerprint density at radius 2 is 1.77 bits per heavy atom. The maximum Gasteiger partial charge on any atom is 0.308 e. The molecule has 0 amide bonds. The topological polar surface area (TPSA) is 83.5 Å². The summed E-state index contributed by atoms with van der Waals surface area (Å²) in [5.41, 5.74) is 0. The van der Waals surface area contributed by atoms with Gasteiger partial charge < -0.3 is 5.11 Å². The molecule has 0 atom stereocenters. The SMILES string of the molecule is O=C(O)Cc1ccc(CCNS(=O)(=O)c2ccc(Cl)cc2)s1. The van der Waals surface area contributed by atoms with Crippen molar-refractivity contribution in [2.75, 3.05) is 6.54 Å². The lowest BCUT2D eigenvalue weighted by molar-refractivity contribution is -0.136. The van der Waals surface area contributed by atoms with Gasteiger partial charge in [0.25, 0.3) is 0 Å². The Balaban J connectivity index is 1.91. The second kappa shape index (κ2) is 7.23. The summed E-state index contributed by atoms with van der Waals surface area (Å²) in [7, 11) is -3.56. The number of hydrogen-bond donors (Lipinski definition) is 2. The summed E-state index contributed by atoms with van der Waals surface area (Å²) in [6.07, 6.45) is 0.498. The predicted octanol–water partition coefficient (Wildman–Crippen LogP) is 2.55. The Bertz CT molecular complexity index is 753. The van der Waals surface area contributed by atoms with Crippen LogP contribution in [0.4, 0.5) is 0 Å². The van der Waals surface area contributed by atoms with Crippen LogP contribution in [-0.4, -0.2) is 26.0 Å². The Hall–Kier alpha value is -1.41. The molecule has 8 heteroatoms. The molecule has 0 unspecified atom stereocenters. The van der Waals surface area contributed by atoms with E-state index >= 15 is 0 Å². The summed E-state index contributed by atoms with van der Waals surface area (Å²) in [6, 6.07) is 9.50. The molecule has 1 aromatic heterocycles. The summed E-state index contributed by atoms with van der Waals surface area (Å²) in [6.45, 7) is 0.248. The van der Waals surface area contributed by atoms with Crippen LogP contribution < -0.4 is 4.72 Å². The fourth-order valence-electron chi connectivity index (χ4n) is 1.81. The highest BCUT2D eigenvalue weighted by molar-refractivity contribution is 7.89. The largest absolute Gasteiger partial charge is 0.481 e. The number of carboxylic acid groups (broad SMARTS) is 1. The van der Waals surface area contributed by atoms with Crippen molar-refractivity contribution in [2.24, 2.45) is 0 Å². The molecule has 2 rings (SSSR count). The van der Waals surface area contributed by atoms with E-state index in [9.17, 15) is 13.2 Å². The molecule has 0 bridgehead atoms. The lowest BCUT2D eigenvalue weighted by atomic mass is 10.3. The Morgan fingerprint density at radius 1 is 1.14 bits per heavy atom. The van der Waals surface area contributed by atoms with Crippen molar-refractivity contribution in [2.45, 2.75) is 17.7 Å². The third-order valence-corrected chi connectivity index (χ3v) is 5.70. The molecule has 0 saturated carbocycles. The van der Waals surface area contributed by atoms with E-state index in [1.807, 2.05) is 6.07 Å². The highest BCUT2D eigenvalue weighted by Crippen LogP contribution is 2.18. The van der Waals surface area contributed by atoms with Gasteiger partial charge in [0, 0.05) is 21.3 Å². The minimum Gasteiger partial charge on any atom is -0.481 e. The zero-order chi connectivity index (χ0) is 16.2. The van der Waals surface area contributed by atoms with E-state index in [1.54, 1.807) is 6.07 Å². The molecule has 0 aliphatic heterocycles. The zero-order valence-electron chi connectivity index (χ0n) is 11.5. The average Bonchev–Trinajstić information content (AvgIpc) is 2.85. The number of rotatable bonds is 7. The summed E-state index contributed by atoms with van der Waals surface area (Å²) in [4.78, 5) is 12.5. The standard InChI is InChI=1S/C14H14ClNO4S2/c15-10-1-5-13(6-2-10)22(19,20)16-8-7-11-3-4-12(21-11)9-14(17)18/h1-6,16H,7-9H2,(H,17,18). The van der Waals surface area contributed by atoms with Crippen LogP contribution in [0.3, 0.4) is 0 Å². The summed E-state index contributed by atoms with van der Waals surface area (Å²) < 4.78 is 26.6. The van der Waals surface area contributed by atoms with Crippen LogP contribution in [-0.2, 0) is 27.7 Å². The first-order valence-corrected chi connectivity index (χ1v) is 9.09. The van der Waals surface area contributed by atoms with Crippen LogP contribution in [0.15, 0.2) is 41.3 Å². The summed E-state index contributed by atoms with van der Waals surface area (Å²) >= 11 is 7.11. The number of halogens is 1. The van der Waals surface area contributed by atoms with Crippen molar-refractivity contribution in [3.63, 3.8) is 0 Å². The number of benzene rings is 1. The second-order valence-electron chi connectivity index (χ2n) is 4.54. The minimum atomic E-state index is -3.56. The van der Waals surface area contributed by atoms with Crippen molar-refractivity contribution in [3.05, 3.63) is 51.2 Å². The lowest BCUT2D eigenvalue weighted by Gasteiger charge is -2.06. The number of hydrogen-bond acceptors (Lipinski definition) is 4. The Kier molecular flexibility index (Phi) is 5.57. The van der Waals surface area contributed by atoms with Crippen LogP contribution >= 0.6 is 22.9 Å². The molecule has 22 heavy (non-hydrogen) atoms. The molecule has 2 aromatic rings. The van der Waals surface area contributed by atoms with E-state index in [4.69, 9.17) is 16.7 Å². The molecule has 0 fully saturated rings. The van der Waals surface area contributed by atoms with Gasteiger partial charge >= 0.3 is 5.97 Å². The fourth-order valence-corrected chi connectivity index (χ4v) is 3.97. The molecule has 0 aliphatic rings. The van der Waals surface area contributed by atoms with E-state index in [-0.39, 0.29) is 17.9 Å². The van der Waals surface area contributed by atoms with Crippen LogP contribution in [0.1, 0.15) is 9.75 Å². The van der Waals surface area contributed by atoms with E-state index < -0.39 is 16.0 Å². The fraction of sp³-hybridized carbons (Fsp3) is 0.214. The highest BCUT2D eigenvalue weighted by Gasteiger charge is 2.13. The van der Waals surface area contributed by atoms with Crippen LogP contribution in [0.2, 0.25) is 5.02 Å². The Labute approximate surface area is 137 Å². The summed E-state index contributed by atoms with van der Waals surface area (Å²) in [5.74, 6) is -0.878. The van der Waals surface area contributed by atoms with Crippen molar-refractivity contribution >= 4 is 38.9 Å². The van der Waals surface area contributed by atoms with Gasteiger partial charge in [-0.2, -0.15) is 0 Å². The second-order valence-corrected chi connectivity index (χ2v) is 8.00. The van der Waals surface area contributed by atoms with Gasteiger partial charge in [-0.05, 0) is 42.8 Å². The molecular formula is C14H14ClNO4S2. The third kappa shape index (κ3) is 4.81. The van der Waals surface area contributed by atoms with Gasteiger partial charge in [-0.3, -0.25) is 4.79 Å². The molecular weight excluding hydrogens is 346 g/mol. The van der Waals surface area contributed by atoms with Gasteiger partial charge in [0.05, 0.1) is 11.3 Å². The minimum absolute atomic E-state index is 0.0127. The monoisotopic (exact) mass is 359 g/mol. The maximum atomic E-state index is 12.1. The Morgan fingerprint density at radius 3 is 2.41 bits per heavy atom. The molecule has 0 radical (unpaired) electrons. The number of sulfonamides is 1. The van der Waals surface area contributed by atoms with E-state index in [2.05, 4.69) is 4.72 Å². The maximum absolute atomic E-state index is 12.1. The van der Waals surface area contributed by atoms with Gasteiger partial charge in [-0.1, -0.05) is 11.6 Å². The molecule has 5 nitrogen and oxygen atoms in total. The highest BCUT2D eigenvalue weighted by atomic mass is 35.5. The van der Waals surface area contributed by atoms with Gasteiger partial charge in [0.2, 0.25) is 10.0 Å². The molecule has 1 heterocycles. The number of nitrogens with one attached hydrogen (secondary N) is 1. The van der Waals surface area contributed by atoms with Crippen LogP contribution in [0.25, 0.3) is 0 Å². The van der Waals surface area contributed by atoms with Gasteiger partial charge in [-0.15, -0.1) is 11.3 Å². The van der Waals surface area contributed by atoms with Crippen LogP contribution in [0, 0.1) is 0 Å². The van der Waals surface area contributed by atoms with Gasteiger partial charge in [-0.25, -0.2) is 13.1 Å². The van der Waals surface area contributed by atoms with Crippen molar-refractivity contribution in [1.82, 2.24) is 4.72 Å². The van der Waals surface area contributed by atoms with E-state index in [0.29, 0.717) is 11.4 Å². The predicted molar refractivity (Wildman–Crippen MR) is 86.0 cm³/mol. The van der Waals surface area contributed by atoms with Gasteiger partial charge in [0.1, 0.15) is 0 Å². The molecule has 0 saturated heterocycles. The zero-order valence-corrected chi connectivity index (χ0v) is 13.8. The van der Waals surface area contributed by atoms with Crippen molar-refractivity contribution in [1.29, 1.82) is 0 Å². The third-order valence-electron chi connectivity index (χ3n) is 2.83. The molecule has 0 aliphatic carbocycles. The van der Waals surface area contributed by atoms with E-state index in [1.165, 1.54) is 35.6 Å². The first kappa shape index (κ1) is 17.0. The normalized spacial score (nSPS) is 11.5. The quantitative estimate of drug-likeness (QED) is 0.795. The lowest BCUT2D eigenvalue weighted by Crippen LogP contribution is -2.25. The van der Waals surface area contributed by atoms with Crippen LogP contribution in [0.5, 0.6) is 0 Å². The first-order chi connectivity index (χ1) is 10.4. The molecule has 0 spiro atoms. The molecule has 2 N–H and O–H groups in total. The number of thiophene rings is 1. The number of carboxylic acids is 1. The summed E-state index contributed by atoms with van der Waals surface area (Å²) in [5, 5.41) is 9.19. The van der Waals surface area contributed by atoms with Gasteiger partial charge in [0.15, 0.2) is 0 Å². The first-order valence-electron chi connectivity index (χ1n) is 6.41. The smallest absolute Gasteiger partial charge is 0.308 e. The number of carbonyl (C=O) groups is 1. The van der Waals surface area contributed by atoms with Crippen molar-refractivity contribution < 1.29 is 18.3 Å². The average molecular weight is 360 g/mol. The van der Waals surface area contributed by atoms with E-state index in [0.717, 1.165) is 9.75 Å². The number of aliphatic carboxylic acids is 1. The van der Waals surface area contributed by atoms with Crippen molar-refractivity contribution in [3.8, 4) is 0 Å².